The highest BCUT2D eigenvalue weighted by Gasteiger charge is 2.15. The van der Waals surface area contributed by atoms with Crippen molar-refractivity contribution in [2.75, 3.05) is 13.2 Å². The molecule has 0 saturated heterocycles. The Morgan fingerprint density at radius 3 is 2.68 bits per heavy atom. The fraction of sp³-hybridized carbons (Fsp3) is 0.412. The minimum Gasteiger partial charge on any atom is -0.481 e. The monoisotopic (exact) mass is 347 g/mol. The van der Waals surface area contributed by atoms with Crippen LogP contribution in [0.3, 0.4) is 0 Å². The highest BCUT2D eigenvalue weighted by molar-refractivity contribution is 5.77. The minimum atomic E-state index is -0.880. The summed E-state index contributed by atoms with van der Waals surface area (Å²) in [4.78, 5) is 28.7. The summed E-state index contributed by atoms with van der Waals surface area (Å²) in [7, 11) is 0. The number of nitrogens with zero attached hydrogens (tertiary/aromatic N) is 3. The zero-order chi connectivity index (χ0) is 18.1. The summed E-state index contributed by atoms with van der Waals surface area (Å²) >= 11 is 0. The van der Waals surface area contributed by atoms with Gasteiger partial charge in [-0.1, -0.05) is 35.5 Å². The van der Waals surface area contributed by atoms with E-state index >= 15 is 0 Å². The predicted octanol–water partition coefficient (Wildman–Crippen LogP) is 1.79. The first-order valence-electron chi connectivity index (χ1n) is 7.95. The summed E-state index contributed by atoms with van der Waals surface area (Å²) in [6, 6.07) is 9.52. The first-order chi connectivity index (χ1) is 12.0. The third-order valence-electron chi connectivity index (χ3n) is 3.41. The van der Waals surface area contributed by atoms with Crippen molar-refractivity contribution in [3.63, 3.8) is 0 Å². The van der Waals surface area contributed by atoms with Crippen LogP contribution in [-0.2, 0) is 27.5 Å². The molecule has 1 aromatic heterocycles. The first kappa shape index (κ1) is 18.6. The van der Waals surface area contributed by atoms with Gasteiger partial charge in [0.25, 0.3) is 5.89 Å². The lowest BCUT2D eigenvalue weighted by Gasteiger charge is -2.22. The Labute approximate surface area is 145 Å². The molecule has 1 amide bonds. The lowest BCUT2D eigenvalue weighted by Crippen LogP contribution is -2.34. The molecule has 1 N–H and O–H groups in total. The van der Waals surface area contributed by atoms with Crippen molar-refractivity contribution in [2.24, 2.45) is 0 Å². The van der Waals surface area contributed by atoms with Gasteiger partial charge in [-0.25, -0.2) is 0 Å². The van der Waals surface area contributed by atoms with Crippen LogP contribution in [0.25, 0.3) is 0 Å². The third-order valence-corrected chi connectivity index (χ3v) is 3.41. The molecule has 0 spiro atoms. The lowest BCUT2D eigenvalue weighted by molar-refractivity contribution is -0.140. The normalized spacial score (nSPS) is 10.6. The van der Waals surface area contributed by atoms with E-state index in [1.54, 1.807) is 11.8 Å². The van der Waals surface area contributed by atoms with Gasteiger partial charge in [0.1, 0.15) is 13.2 Å². The molecule has 0 aliphatic rings. The smallest absolute Gasteiger partial charge is 0.303 e. The molecule has 0 saturated carbocycles. The summed E-state index contributed by atoms with van der Waals surface area (Å²) in [5, 5.41) is 12.4. The molecule has 134 valence electrons. The number of rotatable bonds is 10. The van der Waals surface area contributed by atoms with Crippen molar-refractivity contribution in [3.8, 4) is 0 Å². The van der Waals surface area contributed by atoms with Gasteiger partial charge in [-0.2, -0.15) is 4.98 Å². The fourth-order valence-electron chi connectivity index (χ4n) is 2.23. The van der Waals surface area contributed by atoms with Gasteiger partial charge in [0.2, 0.25) is 5.91 Å². The Bertz CT molecular complexity index is 687. The molecule has 0 fully saturated rings. The van der Waals surface area contributed by atoms with Crippen molar-refractivity contribution in [3.05, 3.63) is 47.6 Å². The zero-order valence-corrected chi connectivity index (χ0v) is 14.1. The van der Waals surface area contributed by atoms with Crippen molar-refractivity contribution >= 4 is 11.9 Å². The van der Waals surface area contributed by atoms with Crippen molar-refractivity contribution < 1.29 is 24.0 Å². The molecule has 1 heterocycles. The van der Waals surface area contributed by atoms with Crippen LogP contribution in [0.5, 0.6) is 0 Å². The standard InChI is InChI=1S/C17H21N3O5/c1-13-18-15(25-19-13)11-24-12-16(21)20(9-5-8-17(22)23)10-14-6-3-2-4-7-14/h2-4,6-7H,5,8-12H2,1H3,(H,22,23). The number of carboxylic acid groups (broad SMARTS) is 1. The predicted molar refractivity (Wildman–Crippen MR) is 87.4 cm³/mol. The molecular weight excluding hydrogens is 326 g/mol. The topological polar surface area (TPSA) is 106 Å². The van der Waals surface area contributed by atoms with Gasteiger partial charge in [-0.05, 0) is 18.9 Å². The Morgan fingerprint density at radius 2 is 2.04 bits per heavy atom. The Kier molecular flexibility index (Phi) is 7.09. The number of benzene rings is 1. The van der Waals surface area contributed by atoms with Crippen LogP contribution in [0, 0.1) is 6.92 Å². The molecule has 25 heavy (non-hydrogen) atoms. The van der Waals surface area contributed by atoms with Gasteiger partial charge in [0, 0.05) is 19.5 Å². The number of amides is 1. The molecule has 1 aromatic carbocycles. The number of aryl methyl sites for hydroxylation is 1. The minimum absolute atomic E-state index is 0.0146. The average molecular weight is 347 g/mol. The highest BCUT2D eigenvalue weighted by atomic mass is 16.5. The maximum absolute atomic E-state index is 12.4. The molecule has 8 heteroatoms. The van der Waals surface area contributed by atoms with Gasteiger partial charge in [0.05, 0.1) is 0 Å². The summed E-state index contributed by atoms with van der Waals surface area (Å²) in [6.45, 7) is 2.37. The van der Waals surface area contributed by atoms with E-state index in [0.717, 1.165) is 5.56 Å². The second-order valence-corrected chi connectivity index (χ2v) is 5.53. The largest absolute Gasteiger partial charge is 0.481 e. The fourth-order valence-corrected chi connectivity index (χ4v) is 2.23. The number of ether oxygens (including phenoxy) is 1. The second kappa shape index (κ2) is 9.53. The van der Waals surface area contributed by atoms with E-state index in [2.05, 4.69) is 10.1 Å². The van der Waals surface area contributed by atoms with E-state index in [1.807, 2.05) is 30.3 Å². The van der Waals surface area contributed by atoms with Crippen LogP contribution in [0.15, 0.2) is 34.9 Å². The van der Waals surface area contributed by atoms with Crippen LogP contribution in [0.2, 0.25) is 0 Å². The van der Waals surface area contributed by atoms with Crippen LogP contribution >= 0.6 is 0 Å². The zero-order valence-electron chi connectivity index (χ0n) is 14.1. The van der Waals surface area contributed by atoms with Crippen LogP contribution in [0.4, 0.5) is 0 Å². The summed E-state index contributed by atoms with van der Waals surface area (Å²) in [5.41, 5.74) is 0.971. The number of carbonyl (C=O) groups excluding carboxylic acids is 1. The second-order valence-electron chi connectivity index (χ2n) is 5.53. The van der Waals surface area contributed by atoms with Crippen LogP contribution < -0.4 is 0 Å². The van der Waals surface area contributed by atoms with Gasteiger partial charge >= 0.3 is 5.97 Å². The number of carboxylic acids is 1. The summed E-state index contributed by atoms with van der Waals surface area (Å²) in [5.74, 6) is -0.282. The number of aromatic nitrogens is 2. The number of aliphatic carboxylic acids is 1. The highest BCUT2D eigenvalue weighted by Crippen LogP contribution is 2.07. The molecule has 0 unspecified atom stereocenters. The van der Waals surface area contributed by atoms with Crippen LogP contribution in [0.1, 0.15) is 30.1 Å². The molecular formula is C17H21N3O5. The van der Waals surface area contributed by atoms with Gasteiger partial charge < -0.3 is 19.3 Å². The molecule has 0 atom stereocenters. The third kappa shape index (κ3) is 6.72. The molecule has 0 aliphatic heterocycles. The van der Waals surface area contributed by atoms with E-state index in [9.17, 15) is 9.59 Å². The first-order valence-corrected chi connectivity index (χ1v) is 7.95. The van der Waals surface area contributed by atoms with E-state index in [-0.39, 0.29) is 25.5 Å². The summed E-state index contributed by atoms with van der Waals surface area (Å²) < 4.78 is 10.3. The Balaban J connectivity index is 1.87. The lowest BCUT2D eigenvalue weighted by atomic mass is 10.2. The maximum atomic E-state index is 12.4. The maximum Gasteiger partial charge on any atom is 0.303 e. The number of hydrogen-bond donors (Lipinski definition) is 1. The van der Waals surface area contributed by atoms with E-state index in [1.165, 1.54) is 0 Å². The van der Waals surface area contributed by atoms with E-state index < -0.39 is 5.97 Å². The van der Waals surface area contributed by atoms with Gasteiger partial charge in [-0.15, -0.1) is 0 Å². The molecule has 0 aliphatic carbocycles. The molecule has 2 rings (SSSR count). The van der Waals surface area contributed by atoms with E-state index in [0.29, 0.717) is 31.2 Å². The van der Waals surface area contributed by atoms with Crippen molar-refractivity contribution in [1.82, 2.24) is 15.0 Å². The molecule has 2 aromatic rings. The molecule has 0 radical (unpaired) electrons. The number of carbonyl (C=O) groups is 2. The van der Waals surface area contributed by atoms with Gasteiger partial charge in [-0.3, -0.25) is 9.59 Å². The Morgan fingerprint density at radius 1 is 1.28 bits per heavy atom. The Hall–Kier alpha value is -2.74. The van der Waals surface area contributed by atoms with Crippen LogP contribution in [-0.4, -0.2) is 45.2 Å². The number of hydrogen-bond acceptors (Lipinski definition) is 6. The SMILES string of the molecule is Cc1noc(COCC(=O)N(CCCC(=O)O)Cc2ccccc2)n1. The molecule has 0 bridgehead atoms. The van der Waals surface area contributed by atoms with Crippen molar-refractivity contribution in [2.45, 2.75) is 32.9 Å². The average Bonchev–Trinajstić information content (AvgIpc) is 3.00. The van der Waals surface area contributed by atoms with Crippen molar-refractivity contribution in [1.29, 1.82) is 0 Å². The van der Waals surface area contributed by atoms with E-state index in [4.69, 9.17) is 14.4 Å². The quantitative estimate of drug-likeness (QED) is 0.698. The molecule has 8 nitrogen and oxygen atoms in total. The van der Waals surface area contributed by atoms with Gasteiger partial charge in [0.15, 0.2) is 5.82 Å². The summed E-state index contributed by atoms with van der Waals surface area (Å²) in [6.07, 6.45) is 0.400.